The van der Waals surface area contributed by atoms with Crippen LogP contribution in [-0.4, -0.2) is 4.98 Å². The van der Waals surface area contributed by atoms with Crippen molar-refractivity contribution in [1.82, 2.24) is 4.98 Å². The van der Waals surface area contributed by atoms with Crippen molar-refractivity contribution in [2.45, 2.75) is 51.5 Å². The molecule has 0 fully saturated rings. The molecule has 1 aliphatic rings. The standard InChI is InChI=1S/C17H22N2S/c1-11(2)16-15(10-18)20-17(19-16)14-9-5-7-12-6-3-4-8-13(12)14/h3-4,6,8,11,14H,5,7,9-10,18H2,1-2H3. The van der Waals surface area contributed by atoms with Gasteiger partial charge in [0.2, 0.25) is 0 Å². The van der Waals surface area contributed by atoms with Gasteiger partial charge in [-0.2, -0.15) is 0 Å². The van der Waals surface area contributed by atoms with Gasteiger partial charge < -0.3 is 5.73 Å². The number of nitrogens with two attached hydrogens (primary N) is 1. The van der Waals surface area contributed by atoms with Crippen molar-refractivity contribution in [2.75, 3.05) is 0 Å². The van der Waals surface area contributed by atoms with Crippen molar-refractivity contribution in [1.29, 1.82) is 0 Å². The summed E-state index contributed by atoms with van der Waals surface area (Å²) in [6.45, 7) is 5.01. The van der Waals surface area contributed by atoms with Crippen LogP contribution in [0.25, 0.3) is 0 Å². The SMILES string of the molecule is CC(C)c1nc(C2CCCc3ccccc32)sc1CN. The number of nitrogens with zero attached hydrogens (tertiary/aromatic N) is 1. The Morgan fingerprint density at radius 2 is 2.15 bits per heavy atom. The highest BCUT2D eigenvalue weighted by Crippen LogP contribution is 2.39. The first-order valence-corrected chi connectivity index (χ1v) is 8.29. The van der Waals surface area contributed by atoms with Crippen molar-refractivity contribution in [3.05, 3.63) is 51.0 Å². The second kappa shape index (κ2) is 5.66. The summed E-state index contributed by atoms with van der Waals surface area (Å²) in [4.78, 5) is 6.20. The molecule has 2 N–H and O–H groups in total. The van der Waals surface area contributed by atoms with Crippen LogP contribution in [0, 0.1) is 0 Å². The van der Waals surface area contributed by atoms with E-state index in [1.165, 1.54) is 46.0 Å². The van der Waals surface area contributed by atoms with Crippen LogP contribution in [0.4, 0.5) is 0 Å². The highest BCUT2D eigenvalue weighted by atomic mass is 32.1. The lowest BCUT2D eigenvalue weighted by Crippen LogP contribution is -2.10. The van der Waals surface area contributed by atoms with Gasteiger partial charge in [-0.15, -0.1) is 11.3 Å². The minimum atomic E-state index is 0.456. The summed E-state index contributed by atoms with van der Waals surface area (Å²) >= 11 is 1.82. The van der Waals surface area contributed by atoms with Crippen molar-refractivity contribution in [3.8, 4) is 0 Å². The zero-order valence-corrected chi connectivity index (χ0v) is 13.0. The van der Waals surface area contributed by atoms with Crippen LogP contribution < -0.4 is 5.73 Å². The Bertz CT molecular complexity index is 601. The minimum absolute atomic E-state index is 0.456. The van der Waals surface area contributed by atoms with Gasteiger partial charge in [0.05, 0.1) is 5.69 Å². The number of hydrogen-bond donors (Lipinski definition) is 1. The fourth-order valence-electron chi connectivity index (χ4n) is 3.14. The molecule has 3 rings (SSSR count). The Morgan fingerprint density at radius 3 is 2.85 bits per heavy atom. The molecule has 20 heavy (non-hydrogen) atoms. The monoisotopic (exact) mass is 286 g/mol. The van der Waals surface area contributed by atoms with E-state index in [4.69, 9.17) is 10.7 Å². The largest absolute Gasteiger partial charge is 0.326 e. The summed E-state index contributed by atoms with van der Waals surface area (Å²) in [6, 6.07) is 8.84. The lowest BCUT2D eigenvalue weighted by molar-refractivity contribution is 0.610. The van der Waals surface area contributed by atoms with E-state index in [1.54, 1.807) is 0 Å². The third-order valence-corrected chi connectivity index (χ3v) is 5.35. The van der Waals surface area contributed by atoms with Gasteiger partial charge in [0.1, 0.15) is 5.01 Å². The van der Waals surface area contributed by atoms with Gasteiger partial charge in [-0.1, -0.05) is 38.1 Å². The number of aryl methyl sites for hydroxylation is 1. The summed E-state index contributed by atoms with van der Waals surface area (Å²) in [5, 5.41) is 1.27. The van der Waals surface area contributed by atoms with Crippen LogP contribution in [0.3, 0.4) is 0 Å². The van der Waals surface area contributed by atoms with Gasteiger partial charge in [-0.3, -0.25) is 0 Å². The Hall–Kier alpha value is -1.19. The molecule has 0 amide bonds. The van der Waals surface area contributed by atoms with E-state index >= 15 is 0 Å². The van der Waals surface area contributed by atoms with E-state index in [1.807, 2.05) is 11.3 Å². The van der Waals surface area contributed by atoms with Gasteiger partial charge in [0.25, 0.3) is 0 Å². The highest BCUT2D eigenvalue weighted by molar-refractivity contribution is 7.11. The van der Waals surface area contributed by atoms with E-state index in [0.29, 0.717) is 18.4 Å². The third kappa shape index (κ3) is 2.40. The molecule has 1 unspecified atom stereocenters. The lowest BCUT2D eigenvalue weighted by Gasteiger charge is -2.23. The molecule has 1 aliphatic carbocycles. The normalized spacial score (nSPS) is 18.3. The quantitative estimate of drug-likeness (QED) is 0.918. The van der Waals surface area contributed by atoms with E-state index in [2.05, 4.69) is 38.1 Å². The van der Waals surface area contributed by atoms with Crippen molar-refractivity contribution < 1.29 is 0 Å². The average molecular weight is 286 g/mol. The van der Waals surface area contributed by atoms with E-state index in [9.17, 15) is 0 Å². The van der Waals surface area contributed by atoms with Crippen LogP contribution in [0.15, 0.2) is 24.3 Å². The summed E-state index contributed by atoms with van der Waals surface area (Å²) in [5.41, 5.74) is 10.1. The van der Waals surface area contributed by atoms with Crippen molar-refractivity contribution in [3.63, 3.8) is 0 Å². The highest BCUT2D eigenvalue weighted by Gasteiger charge is 2.25. The molecule has 106 valence electrons. The Kier molecular flexibility index (Phi) is 3.90. The predicted octanol–water partition coefficient (Wildman–Crippen LogP) is 4.19. The molecule has 3 heteroatoms. The Balaban J connectivity index is 2.02. The minimum Gasteiger partial charge on any atom is -0.326 e. The second-order valence-electron chi connectivity index (χ2n) is 5.86. The summed E-state index contributed by atoms with van der Waals surface area (Å²) in [5.74, 6) is 0.931. The first kappa shape index (κ1) is 13.8. The van der Waals surface area contributed by atoms with Gasteiger partial charge in [-0.25, -0.2) is 4.98 Å². The number of thiazole rings is 1. The summed E-state index contributed by atoms with van der Waals surface area (Å²) in [7, 11) is 0. The molecular weight excluding hydrogens is 264 g/mol. The molecule has 1 aromatic carbocycles. The van der Waals surface area contributed by atoms with E-state index in [-0.39, 0.29) is 0 Å². The van der Waals surface area contributed by atoms with Crippen LogP contribution in [0.2, 0.25) is 0 Å². The second-order valence-corrected chi connectivity index (χ2v) is 6.98. The van der Waals surface area contributed by atoms with Crippen LogP contribution in [0.1, 0.15) is 65.2 Å². The topological polar surface area (TPSA) is 38.9 Å². The van der Waals surface area contributed by atoms with Crippen molar-refractivity contribution in [2.24, 2.45) is 5.73 Å². The van der Waals surface area contributed by atoms with Gasteiger partial charge >= 0.3 is 0 Å². The maximum absolute atomic E-state index is 5.90. The first-order valence-electron chi connectivity index (χ1n) is 7.48. The fourth-order valence-corrected chi connectivity index (χ4v) is 4.39. The lowest BCUT2D eigenvalue weighted by atomic mass is 9.83. The molecule has 2 aromatic rings. The van der Waals surface area contributed by atoms with Gasteiger partial charge in [0.15, 0.2) is 0 Å². The van der Waals surface area contributed by atoms with Crippen LogP contribution >= 0.6 is 11.3 Å². The molecule has 0 radical (unpaired) electrons. The van der Waals surface area contributed by atoms with E-state index < -0.39 is 0 Å². The molecule has 0 saturated carbocycles. The number of benzene rings is 1. The van der Waals surface area contributed by atoms with Crippen molar-refractivity contribution >= 4 is 11.3 Å². The average Bonchev–Trinajstić information content (AvgIpc) is 2.91. The molecule has 2 nitrogen and oxygen atoms in total. The summed E-state index contributed by atoms with van der Waals surface area (Å²) < 4.78 is 0. The summed E-state index contributed by atoms with van der Waals surface area (Å²) in [6.07, 6.45) is 3.68. The van der Waals surface area contributed by atoms with Gasteiger partial charge in [-0.05, 0) is 36.3 Å². The molecule has 0 bridgehead atoms. The van der Waals surface area contributed by atoms with Gasteiger partial charge in [0, 0.05) is 17.3 Å². The number of rotatable bonds is 3. The molecule has 0 spiro atoms. The number of hydrogen-bond acceptors (Lipinski definition) is 3. The molecule has 1 atom stereocenters. The zero-order valence-electron chi connectivity index (χ0n) is 12.2. The molecule has 1 aromatic heterocycles. The van der Waals surface area contributed by atoms with Crippen LogP contribution in [0.5, 0.6) is 0 Å². The Morgan fingerprint density at radius 1 is 1.35 bits per heavy atom. The molecular formula is C17H22N2S. The van der Waals surface area contributed by atoms with Crippen LogP contribution in [-0.2, 0) is 13.0 Å². The maximum atomic E-state index is 5.90. The van der Waals surface area contributed by atoms with E-state index in [0.717, 1.165) is 0 Å². The Labute approximate surface area is 125 Å². The molecule has 0 saturated heterocycles. The maximum Gasteiger partial charge on any atom is 0.101 e. The number of fused-ring (bicyclic) bond motifs is 1. The fraction of sp³-hybridized carbons (Fsp3) is 0.471. The first-order chi connectivity index (χ1) is 9.70. The molecule has 0 aliphatic heterocycles. The smallest absolute Gasteiger partial charge is 0.101 e. The molecule has 1 heterocycles. The number of aromatic nitrogens is 1. The predicted molar refractivity (Wildman–Crippen MR) is 85.3 cm³/mol. The third-order valence-electron chi connectivity index (χ3n) is 4.14. The zero-order chi connectivity index (χ0) is 14.1.